The summed E-state index contributed by atoms with van der Waals surface area (Å²) >= 11 is 0. The van der Waals surface area contributed by atoms with Crippen LogP contribution in [-0.2, 0) is 0 Å². The Morgan fingerprint density at radius 3 is 2.55 bits per heavy atom. The van der Waals surface area contributed by atoms with Crippen molar-refractivity contribution in [2.24, 2.45) is 0 Å². The van der Waals surface area contributed by atoms with E-state index in [1.807, 2.05) is 12.1 Å². The monoisotopic (exact) mass is 300 g/mol. The Morgan fingerprint density at radius 1 is 1.23 bits per heavy atom. The van der Waals surface area contributed by atoms with Crippen LogP contribution in [0.2, 0.25) is 0 Å². The fraction of sp³-hybridized carbons (Fsp3) is 0.375. The van der Waals surface area contributed by atoms with Gasteiger partial charge in [-0.2, -0.15) is 0 Å². The smallest absolute Gasteiger partial charge is 0.252 e. The Kier molecular flexibility index (Phi) is 4.11. The van der Waals surface area contributed by atoms with Crippen molar-refractivity contribution in [3.8, 4) is 0 Å². The first-order chi connectivity index (χ1) is 10.6. The van der Waals surface area contributed by atoms with Gasteiger partial charge in [0.1, 0.15) is 0 Å². The maximum Gasteiger partial charge on any atom is 0.252 e. The zero-order chi connectivity index (χ0) is 15.5. The molecule has 22 heavy (non-hydrogen) atoms. The number of piperazine rings is 1. The van der Waals surface area contributed by atoms with Crippen molar-refractivity contribution in [1.29, 1.82) is 0 Å². The van der Waals surface area contributed by atoms with E-state index in [1.165, 1.54) is 24.8 Å². The number of hydrogen-bond donors (Lipinski definition) is 3. The molecule has 0 radical (unpaired) electrons. The van der Waals surface area contributed by atoms with Gasteiger partial charge in [0, 0.05) is 23.1 Å². The minimum absolute atomic E-state index is 0.147. The summed E-state index contributed by atoms with van der Waals surface area (Å²) < 4.78 is 0. The Bertz CT molecular complexity index is 686. The molecule has 2 heterocycles. The van der Waals surface area contributed by atoms with E-state index in [4.69, 9.17) is 0 Å². The molecule has 1 aromatic heterocycles. The molecule has 2 aromatic rings. The quantitative estimate of drug-likeness (QED) is 0.755. The molecule has 0 atom stereocenters. The summed E-state index contributed by atoms with van der Waals surface area (Å²) in [6.07, 6.45) is 0. The van der Waals surface area contributed by atoms with E-state index in [2.05, 4.69) is 39.4 Å². The van der Waals surface area contributed by atoms with Crippen LogP contribution in [0.1, 0.15) is 5.69 Å². The molecule has 6 nitrogen and oxygen atoms in total. The van der Waals surface area contributed by atoms with Crippen molar-refractivity contribution in [1.82, 2.24) is 9.97 Å². The first-order valence-corrected chi connectivity index (χ1v) is 7.61. The number of aryl methyl sites for hydroxylation is 1. The van der Waals surface area contributed by atoms with Gasteiger partial charge in [0.25, 0.3) is 5.56 Å². The SMILES string of the molecule is Cc1cc(=O)[nH]c(Nc2ccc(N3CC[NH+](C)CC3)cc2)n1. The van der Waals surface area contributed by atoms with Crippen LogP contribution in [0, 0.1) is 6.92 Å². The highest BCUT2D eigenvalue weighted by molar-refractivity contribution is 5.59. The maximum atomic E-state index is 11.4. The number of rotatable bonds is 3. The van der Waals surface area contributed by atoms with Crippen LogP contribution >= 0.6 is 0 Å². The Hall–Kier alpha value is -2.34. The Morgan fingerprint density at radius 2 is 1.91 bits per heavy atom. The second-order valence-corrected chi connectivity index (χ2v) is 5.85. The number of H-pyrrole nitrogens is 1. The van der Waals surface area contributed by atoms with E-state index in [1.54, 1.807) is 11.8 Å². The lowest BCUT2D eigenvalue weighted by Gasteiger charge is -2.31. The summed E-state index contributed by atoms with van der Waals surface area (Å²) in [5.41, 5.74) is 2.70. The number of quaternary nitrogens is 1. The number of likely N-dealkylation sites (N-methyl/N-ethyl adjacent to an activating group) is 1. The van der Waals surface area contributed by atoms with Crippen molar-refractivity contribution in [3.05, 3.63) is 46.4 Å². The highest BCUT2D eigenvalue weighted by atomic mass is 16.1. The first-order valence-electron chi connectivity index (χ1n) is 7.61. The molecule has 3 rings (SSSR count). The van der Waals surface area contributed by atoms with Gasteiger partial charge in [-0.3, -0.25) is 9.78 Å². The fourth-order valence-corrected chi connectivity index (χ4v) is 2.68. The van der Waals surface area contributed by atoms with Crippen molar-refractivity contribution in [2.45, 2.75) is 6.92 Å². The topological polar surface area (TPSA) is 65.5 Å². The first kappa shape index (κ1) is 14.6. The average molecular weight is 300 g/mol. The van der Waals surface area contributed by atoms with Gasteiger partial charge in [0.2, 0.25) is 5.95 Å². The lowest BCUT2D eigenvalue weighted by atomic mass is 10.2. The summed E-state index contributed by atoms with van der Waals surface area (Å²) in [7, 11) is 2.24. The molecule has 1 fully saturated rings. The molecule has 1 aliphatic rings. The summed E-state index contributed by atoms with van der Waals surface area (Å²) in [5, 5.41) is 3.13. The van der Waals surface area contributed by atoms with Crippen LogP contribution in [0.5, 0.6) is 0 Å². The number of anilines is 3. The molecule has 0 saturated carbocycles. The van der Waals surface area contributed by atoms with Crippen LogP contribution < -0.4 is 20.7 Å². The van der Waals surface area contributed by atoms with E-state index in [0.29, 0.717) is 11.6 Å². The molecule has 0 amide bonds. The van der Waals surface area contributed by atoms with Gasteiger partial charge in [-0.25, -0.2) is 4.98 Å². The molecular formula is C16H22N5O+. The summed E-state index contributed by atoms with van der Waals surface area (Å²) in [4.78, 5) is 22.4. The molecule has 0 aliphatic carbocycles. The van der Waals surface area contributed by atoms with Crippen LogP contribution in [0.25, 0.3) is 0 Å². The molecule has 1 saturated heterocycles. The molecule has 0 unspecified atom stereocenters. The summed E-state index contributed by atoms with van der Waals surface area (Å²) in [6.45, 7) is 6.33. The highest BCUT2D eigenvalue weighted by Crippen LogP contribution is 2.19. The van der Waals surface area contributed by atoms with Crippen LogP contribution in [0.4, 0.5) is 17.3 Å². The summed E-state index contributed by atoms with van der Waals surface area (Å²) in [5.74, 6) is 0.473. The number of hydrogen-bond acceptors (Lipinski definition) is 4. The number of aromatic amines is 1. The predicted molar refractivity (Wildman–Crippen MR) is 88.2 cm³/mol. The third kappa shape index (κ3) is 3.46. The van der Waals surface area contributed by atoms with E-state index in [9.17, 15) is 4.79 Å². The third-order valence-electron chi connectivity index (χ3n) is 3.98. The van der Waals surface area contributed by atoms with E-state index >= 15 is 0 Å². The lowest BCUT2D eigenvalue weighted by molar-refractivity contribution is -0.880. The van der Waals surface area contributed by atoms with Crippen LogP contribution in [-0.4, -0.2) is 43.2 Å². The number of nitrogens with one attached hydrogen (secondary N) is 3. The van der Waals surface area contributed by atoms with Gasteiger partial charge >= 0.3 is 0 Å². The average Bonchev–Trinajstić information content (AvgIpc) is 2.48. The maximum absolute atomic E-state index is 11.4. The third-order valence-corrected chi connectivity index (χ3v) is 3.98. The largest absolute Gasteiger partial charge is 0.360 e. The van der Waals surface area contributed by atoms with Crippen molar-refractivity contribution in [3.63, 3.8) is 0 Å². The number of aromatic nitrogens is 2. The minimum Gasteiger partial charge on any atom is -0.360 e. The van der Waals surface area contributed by atoms with E-state index < -0.39 is 0 Å². The molecule has 3 N–H and O–H groups in total. The normalized spacial score (nSPS) is 15.8. The zero-order valence-electron chi connectivity index (χ0n) is 13.0. The van der Waals surface area contributed by atoms with Crippen LogP contribution in [0.3, 0.4) is 0 Å². The summed E-state index contributed by atoms with van der Waals surface area (Å²) in [6, 6.07) is 9.73. The standard InChI is InChI=1S/C16H21N5O/c1-12-11-15(22)19-16(17-12)18-13-3-5-14(6-4-13)21-9-7-20(2)8-10-21/h3-6,11H,7-10H2,1-2H3,(H2,17,18,19,22)/p+1. The van der Waals surface area contributed by atoms with Crippen LogP contribution in [0.15, 0.2) is 35.1 Å². The van der Waals surface area contributed by atoms with Gasteiger partial charge in [0.05, 0.1) is 33.2 Å². The van der Waals surface area contributed by atoms with Gasteiger partial charge in [0.15, 0.2) is 0 Å². The van der Waals surface area contributed by atoms with Crippen molar-refractivity contribution < 1.29 is 4.90 Å². The zero-order valence-corrected chi connectivity index (χ0v) is 13.0. The molecule has 1 aromatic carbocycles. The molecule has 1 aliphatic heterocycles. The van der Waals surface area contributed by atoms with Gasteiger partial charge in [-0.1, -0.05) is 0 Å². The Labute approximate surface area is 129 Å². The van der Waals surface area contributed by atoms with Crippen molar-refractivity contribution in [2.75, 3.05) is 43.4 Å². The molecule has 0 spiro atoms. The molecule has 6 heteroatoms. The lowest BCUT2D eigenvalue weighted by Crippen LogP contribution is -3.12. The number of nitrogens with zero attached hydrogens (tertiary/aromatic N) is 2. The fourth-order valence-electron chi connectivity index (χ4n) is 2.68. The van der Waals surface area contributed by atoms with E-state index in [0.717, 1.165) is 18.8 Å². The predicted octanol–water partition coefficient (Wildman–Crippen LogP) is 0.157. The molecule has 0 bridgehead atoms. The Balaban J connectivity index is 1.70. The van der Waals surface area contributed by atoms with Crippen molar-refractivity contribution >= 4 is 17.3 Å². The number of benzene rings is 1. The van der Waals surface area contributed by atoms with Gasteiger partial charge < -0.3 is 15.1 Å². The second kappa shape index (κ2) is 6.19. The minimum atomic E-state index is -0.147. The van der Waals surface area contributed by atoms with Gasteiger partial charge in [-0.05, 0) is 31.2 Å². The highest BCUT2D eigenvalue weighted by Gasteiger charge is 2.16. The second-order valence-electron chi connectivity index (χ2n) is 5.85. The van der Waals surface area contributed by atoms with Gasteiger partial charge in [-0.15, -0.1) is 0 Å². The van der Waals surface area contributed by atoms with E-state index in [-0.39, 0.29) is 5.56 Å². The molecular weight excluding hydrogens is 278 g/mol. The molecule has 116 valence electrons.